The second-order valence-corrected chi connectivity index (χ2v) is 10.0. The van der Waals surface area contributed by atoms with Crippen LogP contribution >= 0.6 is 0 Å². The topological polar surface area (TPSA) is 81.7 Å². The lowest BCUT2D eigenvalue weighted by Crippen LogP contribution is -2.47. The number of rotatable bonds is 8. The Morgan fingerprint density at radius 3 is 2.33 bits per heavy atom. The quantitative estimate of drug-likeness (QED) is 0.638. The third-order valence-corrected chi connectivity index (χ3v) is 8.28. The van der Waals surface area contributed by atoms with Crippen LogP contribution in [-0.4, -0.2) is 39.4 Å². The lowest BCUT2D eigenvalue weighted by Gasteiger charge is -2.28. The van der Waals surface area contributed by atoms with E-state index in [1.54, 1.807) is 50.4 Å². The number of methoxy groups -OCH3 is 1. The number of nitrogens with one attached hydrogen (secondary N) is 1. The van der Waals surface area contributed by atoms with Crippen molar-refractivity contribution in [3.05, 3.63) is 53.6 Å². The fourth-order valence-electron chi connectivity index (χ4n) is 3.89. The number of anilines is 1. The fourth-order valence-corrected chi connectivity index (χ4v) is 6.27. The van der Waals surface area contributed by atoms with Gasteiger partial charge in [-0.15, -0.1) is 0 Å². The van der Waals surface area contributed by atoms with E-state index in [0.717, 1.165) is 5.56 Å². The summed E-state index contributed by atoms with van der Waals surface area (Å²) < 4.78 is 36.4. The number of carbonyl (C=O) groups excluding carboxylic acids is 1. The molecule has 0 bridgehead atoms. The highest BCUT2D eigenvalue weighted by Crippen LogP contribution is 2.42. The highest BCUT2D eigenvalue weighted by molar-refractivity contribution is 7.93. The summed E-state index contributed by atoms with van der Waals surface area (Å²) in [5, 5.41) is 2.83. The molecule has 0 heterocycles. The zero-order chi connectivity index (χ0) is 21.8. The number of benzene rings is 2. The molecule has 0 saturated heterocycles. The van der Waals surface area contributed by atoms with E-state index in [1.165, 1.54) is 0 Å². The van der Waals surface area contributed by atoms with Crippen molar-refractivity contribution in [1.82, 2.24) is 0 Å². The first-order chi connectivity index (χ1) is 14.3. The van der Waals surface area contributed by atoms with Crippen molar-refractivity contribution in [2.45, 2.75) is 49.2 Å². The van der Waals surface area contributed by atoms with E-state index in [-0.39, 0.29) is 4.90 Å². The fraction of sp³-hybridized carbons (Fsp3) is 0.435. The molecule has 1 fully saturated rings. The summed E-state index contributed by atoms with van der Waals surface area (Å²) >= 11 is 0. The van der Waals surface area contributed by atoms with E-state index >= 15 is 0 Å². The summed E-state index contributed by atoms with van der Waals surface area (Å²) in [6, 6.07) is 12.3. The van der Waals surface area contributed by atoms with Gasteiger partial charge in [0.2, 0.25) is 5.91 Å². The molecule has 7 heteroatoms. The maximum Gasteiger partial charge on any atom is 0.246 e. The van der Waals surface area contributed by atoms with Crippen molar-refractivity contribution in [2.75, 3.05) is 25.6 Å². The number of hydrogen-bond donors (Lipinski definition) is 1. The first-order valence-corrected chi connectivity index (χ1v) is 11.6. The van der Waals surface area contributed by atoms with Gasteiger partial charge in [-0.2, -0.15) is 0 Å². The van der Waals surface area contributed by atoms with E-state index in [9.17, 15) is 13.2 Å². The minimum Gasteiger partial charge on any atom is -0.491 e. The van der Waals surface area contributed by atoms with Gasteiger partial charge in [0.15, 0.2) is 14.6 Å². The molecule has 3 rings (SSSR count). The average molecular weight is 432 g/mol. The molecule has 0 atom stereocenters. The first-order valence-electron chi connectivity index (χ1n) is 10.2. The summed E-state index contributed by atoms with van der Waals surface area (Å²) in [5.74, 6) is 0.192. The molecule has 0 spiro atoms. The van der Waals surface area contributed by atoms with Crippen LogP contribution in [0, 0.1) is 13.8 Å². The number of carbonyl (C=O) groups is 1. The predicted molar refractivity (Wildman–Crippen MR) is 117 cm³/mol. The smallest absolute Gasteiger partial charge is 0.246 e. The molecule has 30 heavy (non-hydrogen) atoms. The Labute approximate surface area is 178 Å². The monoisotopic (exact) mass is 431 g/mol. The summed E-state index contributed by atoms with van der Waals surface area (Å²) in [5.41, 5.74) is 2.07. The molecule has 6 nitrogen and oxygen atoms in total. The number of aryl methyl sites for hydroxylation is 2. The highest BCUT2D eigenvalue weighted by atomic mass is 32.2. The Bertz CT molecular complexity index is 993. The molecule has 1 aliphatic rings. The van der Waals surface area contributed by atoms with E-state index in [0.29, 0.717) is 55.9 Å². The van der Waals surface area contributed by atoms with Crippen LogP contribution in [0.3, 0.4) is 0 Å². The molecule has 1 amide bonds. The van der Waals surface area contributed by atoms with Gasteiger partial charge in [-0.1, -0.05) is 25.0 Å². The summed E-state index contributed by atoms with van der Waals surface area (Å²) in [6.45, 7) is 4.54. The molecule has 2 aromatic rings. The molecule has 0 radical (unpaired) electrons. The standard InChI is InChI=1S/C23H29NO5S/c1-17-6-7-18(2)21(16-17)30(26,27)23(12-4-5-13-23)22(25)24-19-8-10-20(11-9-19)29-15-14-28-3/h6-11,16H,4-5,12-15H2,1-3H3,(H,24,25). The summed E-state index contributed by atoms with van der Waals surface area (Å²) in [6.07, 6.45) is 2.08. The molecule has 2 aromatic carbocycles. The van der Waals surface area contributed by atoms with Gasteiger partial charge >= 0.3 is 0 Å². The van der Waals surface area contributed by atoms with E-state index in [2.05, 4.69) is 5.32 Å². The molecule has 0 aromatic heterocycles. The molecule has 0 unspecified atom stereocenters. The van der Waals surface area contributed by atoms with Crippen molar-refractivity contribution in [2.24, 2.45) is 0 Å². The number of sulfone groups is 1. The third kappa shape index (κ3) is 4.37. The third-order valence-electron chi connectivity index (χ3n) is 5.64. The number of amides is 1. The Morgan fingerprint density at radius 1 is 1.03 bits per heavy atom. The van der Waals surface area contributed by atoms with Gasteiger partial charge in [0.05, 0.1) is 11.5 Å². The molecular weight excluding hydrogens is 402 g/mol. The van der Waals surface area contributed by atoms with Crippen molar-refractivity contribution in [3.63, 3.8) is 0 Å². The van der Waals surface area contributed by atoms with Gasteiger partial charge in [0.25, 0.3) is 0 Å². The van der Waals surface area contributed by atoms with Crippen molar-refractivity contribution in [3.8, 4) is 5.75 Å². The maximum atomic E-state index is 13.7. The van der Waals surface area contributed by atoms with Crippen LogP contribution in [0.5, 0.6) is 5.75 Å². The normalized spacial score (nSPS) is 15.7. The zero-order valence-electron chi connectivity index (χ0n) is 17.7. The summed E-state index contributed by atoms with van der Waals surface area (Å²) in [4.78, 5) is 13.6. The number of hydrogen-bond acceptors (Lipinski definition) is 5. The van der Waals surface area contributed by atoms with Crippen molar-refractivity contribution < 1.29 is 22.7 Å². The van der Waals surface area contributed by atoms with E-state index < -0.39 is 20.5 Å². The van der Waals surface area contributed by atoms with Crippen LogP contribution < -0.4 is 10.1 Å². The minimum atomic E-state index is -3.85. The van der Waals surface area contributed by atoms with Gasteiger partial charge in [0, 0.05) is 12.8 Å². The largest absolute Gasteiger partial charge is 0.491 e. The van der Waals surface area contributed by atoms with Crippen LogP contribution in [0.15, 0.2) is 47.4 Å². The minimum absolute atomic E-state index is 0.251. The molecule has 0 aliphatic heterocycles. The van der Waals surface area contributed by atoms with Crippen molar-refractivity contribution in [1.29, 1.82) is 0 Å². The van der Waals surface area contributed by atoms with Crippen LogP contribution in [-0.2, 0) is 19.4 Å². The molecule has 1 aliphatic carbocycles. The summed E-state index contributed by atoms with van der Waals surface area (Å²) in [7, 11) is -2.24. The van der Waals surface area contributed by atoms with Gasteiger partial charge in [0.1, 0.15) is 12.4 Å². The van der Waals surface area contributed by atoms with Gasteiger partial charge in [-0.3, -0.25) is 4.79 Å². The molecular formula is C23H29NO5S. The first kappa shape index (κ1) is 22.3. The van der Waals surface area contributed by atoms with Crippen LogP contribution in [0.2, 0.25) is 0 Å². The Kier molecular flexibility index (Phi) is 6.83. The van der Waals surface area contributed by atoms with Crippen molar-refractivity contribution >= 4 is 21.4 Å². The van der Waals surface area contributed by atoms with Gasteiger partial charge in [-0.25, -0.2) is 8.42 Å². The molecule has 1 saturated carbocycles. The average Bonchev–Trinajstić information content (AvgIpc) is 3.23. The van der Waals surface area contributed by atoms with E-state index in [4.69, 9.17) is 9.47 Å². The molecule has 1 N–H and O–H groups in total. The highest BCUT2D eigenvalue weighted by Gasteiger charge is 2.53. The zero-order valence-corrected chi connectivity index (χ0v) is 18.6. The van der Waals surface area contributed by atoms with Crippen LogP contribution in [0.1, 0.15) is 36.8 Å². The number of ether oxygens (including phenoxy) is 2. The predicted octanol–water partition coefficient (Wildman–Crippen LogP) is 4.05. The maximum absolute atomic E-state index is 13.7. The van der Waals surface area contributed by atoms with Crippen LogP contribution in [0.4, 0.5) is 5.69 Å². The Hall–Kier alpha value is -2.38. The second kappa shape index (κ2) is 9.18. The lowest BCUT2D eigenvalue weighted by molar-refractivity contribution is -0.118. The van der Waals surface area contributed by atoms with Gasteiger partial charge < -0.3 is 14.8 Å². The van der Waals surface area contributed by atoms with Gasteiger partial charge in [-0.05, 0) is 68.1 Å². The van der Waals surface area contributed by atoms with Crippen LogP contribution in [0.25, 0.3) is 0 Å². The Balaban J connectivity index is 1.85. The Morgan fingerprint density at radius 2 is 1.70 bits per heavy atom. The SMILES string of the molecule is COCCOc1ccc(NC(=O)C2(S(=O)(=O)c3cc(C)ccc3C)CCCC2)cc1. The lowest BCUT2D eigenvalue weighted by atomic mass is 10.1. The van der Waals surface area contributed by atoms with E-state index in [1.807, 2.05) is 13.0 Å². The second-order valence-electron chi connectivity index (χ2n) is 7.79. The molecule has 162 valence electrons.